The van der Waals surface area contributed by atoms with Crippen molar-refractivity contribution in [3.63, 3.8) is 0 Å². The Labute approximate surface area is 175 Å². The predicted molar refractivity (Wildman–Crippen MR) is 118 cm³/mol. The van der Waals surface area contributed by atoms with E-state index in [0.29, 0.717) is 17.5 Å². The fraction of sp³-hybridized carbons (Fsp3) is 0.905. The second-order valence-electron chi connectivity index (χ2n) is 9.34. The quantitative estimate of drug-likeness (QED) is 0.463. The van der Waals surface area contributed by atoms with Crippen molar-refractivity contribution >= 4 is 29.9 Å². The van der Waals surface area contributed by atoms with Crippen LogP contribution in [0.5, 0.6) is 0 Å². The van der Waals surface area contributed by atoms with Crippen molar-refractivity contribution in [1.29, 1.82) is 0 Å². The van der Waals surface area contributed by atoms with E-state index in [-0.39, 0.29) is 0 Å². The Kier molecular flexibility index (Phi) is 8.81. The number of hydrogen-bond acceptors (Lipinski definition) is 5. The SMILES string of the molecule is COC(=O)[C@H](CP(=S)(C1CCCCC1)C1CCCCC1)NC(=O)OC(C)(C)C. The number of amides is 1. The Morgan fingerprint density at radius 2 is 1.46 bits per heavy atom. The number of esters is 1. The second kappa shape index (κ2) is 10.4. The summed E-state index contributed by atoms with van der Waals surface area (Å²) in [5.41, 5.74) is 0.455. The Morgan fingerprint density at radius 3 is 1.86 bits per heavy atom. The zero-order valence-electron chi connectivity index (χ0n) is 18.0. The summed E-state index contributed by atoms with van der Waals surface area (Å²) < 4.78 is 10.4. The number of ether oxygens (including phenoxy) is 2. The van der Waals surface area contributed by atoms with E-state index < -0.39 is 29.7 Å². The summed E-state index contributed by atoms with van der Waals surface area (Å²) in [4.78, 5) is 24.9. The molecule has 1 atom stereocenters. The molecule has 0 spiro atoms. The lowest BCUT2D eigenvalue weighted by molar-refractivity contribution is -0.142. The van der Waals surface area contributed by atoms with E-state index in [1.165, 1.54) is 71.3 Å². The fourth-order valence-electron chi connectivity index (χ4n) is 4.69. The highest BCUT2D eigenvalue weighted by molar-refractivity contribution is 8.15. The predicted octanol–water partition coefficient (Wildman–Crippen LogP) is 5.20. The van der Waals surface area contributed by atoms with Crippen molar-refractivity contribution in [3.05, 3.63) is 0 Å². The van der Waals surface area contributed by atoms with Gasteiger partial charge in [-0.15, -0.1) is 0 Å². The molecule has 2 aliphatic rings. The van der Waals surface area contributed by atoms with Crippen LogP contribution in [0.15, 0.2) is 0 Å². The molecule has 162 valence electrons. The summed E-state index contributed by atoms with van der Waals surface area (Å²) in [6.07, 6.45) is 12.2. The first kappa shape index (κ1) is 23.7. The van der Waals surface area contributed by atoms with Gasteiger partial charge in [-0.3, -0.25) is 0 Å². The monoisotopic (exact) mass is 431 g/mol. The maximum atomic E-state index is 12.5. The standard InChI is InChI=1S/C21H38NO4PS/c1-21(2,3)26-20(24)22-18(19(23)25-4)15-27(28,16-11-7-5-8-12-16)17-13-9-6-10-14-17/h16-18H,5-15H2,1-4H3,(H,22,24)/t18-/m0/s1. The van der Waals surface area contributed by atoms with Gasteiger partial charge in [-0.1, -0.05) is 50.3 Å². The molecule has 0 heterocycles. The minimum absolute atomic E-state index is 0.410. The van der Waals surface area contributed by atoms with Crippen LogP contribution in [0.3, 0.4) is 0 Å². The smallest absolute Gasteiger partial charge is 0.408 e. The Morgan fingerprint density at radius 1 is 1.00 bits per heavy atom. The largest absolute Gasteiger partial charge is 0.467 e. The van der Waals surface area contributed by atoms with Crippen LogP contribution in [0, 0.1) is 0 Å². The molecule has 5 nitrogen and oxygen atoms in total. The van der Waals surface area contributed by atoms with Crippen LogP contribution in [-0.4, -0.2) is 48.3 Å². The van der Waals surface area contributed by atoms with Crippen LogP contribution in [0.1, 0.15) is 85.0 Å². The molecular weight excluding hydrogens is 393 g/mol. The van der Waals surface area contributed by atoms with Crippen LogP contribution in [-0.2, 0) is 26.1 Å². The van der Waals surface area contributed by atoms with Gasteiger partial charge in [-0.25, -0.2) is 9.59 Å². The fourth-order valence-corrected chi connectivity index (χ4v) is 10.9. The van der Waals surface area contributed by atoms with Crippen molar-refractivity contribution in [2.75, 3.05) is 13.3 Å². The van der Waals surface area contributed by atoms with Crippen LogP contribution < -0.4 is 5.32 Å². The van der Waals surface area contributed by atoms with Gasteiger partial charge < -0.3 is 14.8 Å². The van der Waals surface area contributed by atoms with Gasteiger partial charge in [0.1, 0.15) is 11.6 Å². The molecule has 0 unspecified atom stereocenters. The Hall–Kier alpha value is -0.610. The van der Waals surface area contributed by atoms with E-state index in [0.717, 1.165) is 0 Å². The zero-order chi connectivity index (χ0) is 20.8. The first-order valence-electron chi connectivity index (χ1n) is 10.8. The van der Waals surface area contributed by atoms with Gasteiger partial charge in [0, 0.05) is 6.16 Å². The van der Waals surface area contributed by atoms with E-state index >= 15 is 0 Å². The highest BCUT2D eigenvalue weighted by Gasteiger charge is 2.41. The Balaban J connectivity index is 2.22. The van der Waals surface area contributed by atoms with Gasteiger partial charge in [0.05, 0.1) is 7.11 Å². The minimum Gasteiger partial charge on any atom is -0.467 e. The van der Waals surface area contributed by atoms with Crippen LogP contribution in [0.2, 0.25) is 0 Å². The third-order valence-electron chi connectivity index (χ3n) is 6.03. The van der Waals surface area contributed by atoms with Crippen molar-refractivity contribution in [2.45, 2.75) is 108 Å². The van der Waals surface area contributed by atoms with Crippen LogP contribution in [0.25, 0.3) is 0 Å². The van der Waals surface area contributed by atoms with Crippen molar-refractivity contribution in [1.82, 2.24) is 5.32 Å². The third-order valence-corrected chi connectivity index (χ3v) is 12.7. The number of rotatable bonds is 6. The molecule has 0 bridgehead atoms. The maximum absolute atomic E-state index is 12.5. The van der Waals surface area contributed by atoms with Gasteiger partial charge in [-0.2, -0.15) is 0 Å². The third kappa shape index (κ3) is 6.73. The first-order valence-corrected chi connectivity index (χ1v) is 13.9. The molecule has 1 N–H and O–H groups in total. The minimum atomic E-state index is -1.84. The number of carbonyl (C=O) groups excluding carboxylic acids is 2. The summed E-state index contributed by atoms with van der Waals surface area (Å²) in [7, 11) is 1.37. The molecule has 1 amide bonds. The lowest BCUT2D eigenvalue weighted by Crippen LogP contribution is -2.47. The number of alkyl carbamates (subject to hydrolysis) is 1. The van der Waals surface area contributed by atoms with Gasteiger partial charge in [0.25, 0.3) is 0 Å². The number of nitrogens with one attached hydrogen (secondary N) is 1. The summed E-state index contributed by atoms with van der Waals surface area (Å²) in [6, 6.07) is -2.55. The lowest BCUT2D eigenvalue weighted by atomic mass is 9.99. The van der Waals surface area contributed by atoms with E-state index in [1.54, 1.807) is 0 Å². The van der Waals surface area contributed by atoms with Gasteiger partial charge in [0.15, 0.2) is 0 Å². The highest BCUT2D eigenvalue weighted by Crippen LogP contribution is 2.63. The molecular formula is C21H38NO4PS. The van der Waals surface area contributed by atoms with E-state index in [2.05, 4.69) is 5.32 Å². The molecule has 2 rings (SSSR count). The molecule has 0 aliphatic heterocycles. The topological polar surface area (TPSA) is 64.6 Å². The van der Waals surface area contributed by atoms with Crippen molar-refractivity contribution in [2.24, 2.45) is 0 Å². The molecule has 2 saturated carbocycles. The normalized spacial score (nSPS) is 21.0. The molecule has 0 radical (unpaired) electrons. The number of hydrogen-bond donors (Lipinski definition) is 1. The molecule has 2 aliphatic carbocycles. The summed E-state index contributed by atoms with van der Waals surface area (Å²) in [5, 5.41) is 2.78. The molecule has 0 aromatic heterocycles. The average Bonchev–Trinajstić information content (AvgIpc) is 2.66. The summed E-state index contributed by atoms with van der Waals surface area (Å²) >= 11 is 6.46. The molecule has 28 heavy (non-hydrogen) atoms. The van der Waals surface area contributed by atoms with Gasteiger partial charge >= 0.3 is 12.1 Å². The van der Waals surface area contributed by atoms with Crippen LogP contribution >= 0.6 is 6.04 Å². The first-order chi connectivity index (χ1) is 13.2. The molecule has 0 aromatic carbocycles. The van der Waals surface area contributed by atoms with Gasteiger partial charge in [-0.05, 0) is 63.8 Å². The zero-order valence-corrected chi connectivity index (χ0v) is 19.7. The highest BCUT2D eigenvalue weighted by atomic mass is 32.4. The van der Waals surface area contributed by atoms with E-state index in [9.17, 15) is 9.59 Å². The molecule has 0 saturated heterocycles. The van der Waals surface area contributed by atoms with Crippen molar-refractivity contribution < 1.29 is 19.1 Å². The molecule has 0 aromatic rings. The lowest BCUT2D eigenvalue weighted by Gasteiger charge is -2.42. The average molecular weight is 432 g/mol. The van der Waals surface area contributed by atoms with Crippen molar-refractivity contribution in [3.8, 4) is 0 Å². The molecule has 2 fully saturated rings. The van der Waals surface area contributed by atoms with E-state index in [4.69, 9.17) is 21.3 Å². The number of carbonyl (C=O) groups is 2. The second-order valence-corrected chi connectivity index (χ2v) is 14.9. The Bertz CT molecular complexity index is 555. The van der Waals surface area contributed by atoms with Crippen LogP contribution in [0.4, 0.5) is 4.79 Å². The number of methoxy groups -OCH3 is 1. The van der Waals surface area contributed by atoms with E-state index in [1.807, 2.05) is 20.8 Å². The van der Waals surface area contributed by atoms with Gasteiger partial charge in [0.2, 0.25) is 0 Å². The molecule has 7 heteroatoms. The summed E-state index contributed by atoms with van der Waals surface area (Å²) in [5.74, 6) is -0.410. The maximum Gasteiger partial charge on any atom is 0.408 e. The summed E-state index contributed by atoms with van der Waals surface area (Å²) in [6.45, 7) is 5.44.